The summed E-state index contributed by atoms with van der Waals surface area (Å²) in [6.07, 6.45) is 2.54. The molecule has 2 bridgehead atoms. The van der Waals surface area contributed by atoms with E-state index in [9.17, 15) is 4.79 Å². The highest BCUT2D eigenvalue weighted by Gasteiger charge is 2.42. The number of rotatable bonds is 3. The van der Waals surface area contributed by atoms with E-state index in [-0.39, 0.29) is 11.7 Å². The molecule has 0 aliphatic carbocycles. The molecule has 3 aliphatic heterocycles. The van der Waals surface area contributed by atoms with E-state index < -0.39 is 0 Å². The molecular weight excluding hydrogens is 308 g/mol. The van der Waals surface area contributed by atoms with Crippen molar-refractivity contribution in [2.24, 2.45) is 0 Å². The number of piperidine rings is 3. The van der Waals surface area contributed by atoms with Gasteiger partial charge in [0.05, 0.1) is 0 Å². The van der Waals surface area contributed by atoms with Gasteiger partial charge in [0.15, 0.2) is 0 Å². The molecular formula is C18H20N2O2S. The zero-order valence-electron chi connectivity index (χ0n) is 13.0. The van der Waals surface area contributed by atoms with Gasteiger partial charge in [-0.3, -0.25) is 5.32 Å². The monoisotopic (exact) mass is 328 g/mol. The Bertz CT molecular complexity index is 676. The highest BCUT2D eigenvalue weighted by atomic mass is 32.1. The minimum absolute atomic E-state index is 0.247. The van der Waals surface area contributed by atoms with Gasteiger partial charge in [0.1, 0.15) is 10.6 Å². The third-order valence-electron chi connectivity index (χ3n) is 4.93. The van der Waals surface area contributed by atoms with Gasteiger partial charge >= 0.3 is 6.09 Å². The molecule has 4 nitrogen and oxygen atoms in total. The summed E-state index contributed by atoms with van der Waals surface area (Å²) in [6.45, 7) is 3.13. The first-order chi connectivity index (χ1) is 11.2. The van der Waals surface area contributed by atoms with Crippen molar-refractivity contribution in [3.63, 3.8) is 0 Å². The molecule has 1 aromatic carbocycles. The van der Waals surface area contributed by atoms with Crippen molar-refractivity contribution >= 4 is 22.4 Å². The molecule has 0 unspecified atom stereocenters. The molecule has 5 heteroatoms. The van der Waals surface area contributed by atoms with Crippen LogP contribution >= 0.6 is 11.3 Å². The lowest BCUT2D eigenvalue weighted by Gasteiger charge is -2.47. The lowest BCUT2D eigenvalue weighted by molar-refractivity contribution is -0.0742. The van der Waals surface area contributed by atoms with Gasteiger partial charge in [0.25, 0.3) is 0 Å². The topological polar surface area (TPSA) is 41.6 Å². The number of carbonyl (C=O) groups is 1. The normalized spacial score (nSPS) is 26.0. The van der Waals surface area contributed by atoms with Crippen LogP contribution < -0.4 is 5.32 Å². The SMILES string of the molecule is O=C(Nc1sccc1-c1ccccc1)OC12CCN(CC1)CC2. The summed E-state index contributed by atoms with van der Waals surface area (Å²) >= 11 is 1.53. The maximum Gasteiger partial charge on any atom is 0.412 e. The predicted octanol–water partition coefficient (Wildman–Crippen LogP) is 4.20. The van der Waals surface area contributed by atoms with E-state index in [0.29, 0.717) is 0 Å². The minimum Gasteiger partial charge on any atom is -0.443 e. The van der Waals surface area contributed by atoms with E-state index >= 15 is 0 Å². The van der Waals surface area contributed by atoms with Crippen molar-refractivity contribution in [3.05, 3.63) is 41.8 Å². The van der Waals surface area contributed by atoms with Gasteiger partial charge in [0.2, 0.25) is 0 Å². The molecule has 1 N–H and O–H groups in total. The Labute approximate surface area is 140 Å². The second-order valence-corrected chi connectivity index (χ2v) is 7.23. The highest BCUT2D eigenvalue weighted by molar-refractivity contribution is 7.15. The van der Waals surface area contributed by atoms with Gasteiger partial charge in [0, 0.05) is 44.5 Å². The molecule has 23 heavy (non-hydrogen) atoms. The molecule has 0 atom stereocenters. The average molecular weight is 328 g/mol. The second kappa shape index (κ2) is 5.98. The predicted molar refractivity (Wildman–Crippen MR) is 92.9 cm³/mol. The highest BCUT2D eigenvalue weighted by Crippen LogP contribution is 2.37. The fourth-order valence-electron chi connectivity index (χ4n) is 3.52. The number of thiophene rings is 1. The van der Waals surface area contributed by atoms with Crippen molar-refractivity contribution in [3.8, 4) is 11.1 Å². The molecule has 3 fully saturated rings. The number of hydrogen-bond donors (Lipinski definition) is 1. The maximum atomic E-state index is 12.4. The van der Waals surface area contributed by atoms with Gasteiger partial charge in [-0.15, -0.1) is 11.3 Å². The van der Waals surface area contributed by atoms with Crippen LogP contribution in [0.1, 0.15) is 19.3 Å². The smallest absolute Gasteiger partial charge is 0.412 e. The number of hydrogen-bond acceptors (Lipinski definition) is 4. The number of carbonyl (C=O) groups excluding carboxylic acids is 1. The fourth-order valence-corrected chi connectivity index (χ4v) is 4.31. The van der Waals surface area contributed by atoms with Crippen LogP contribution in [0.15, 0.2) is 41.8 Å². The first kappa shape index (κ1) is 14.7. The van der Waals surface area contributed by atoms with Crippen molar-refractivity contribution in [2.75, 3.05) is 25.0 Å². The van der Waals surface area contributed by atoms with Crippen molar-refractivity contribution in [2.45, 2.75) is 24.9 Å². The number of nitrogens with one attached hydrogen (secondary N) is 1. The molecule has 4 heterocycles. The van der Waals surface area contributed by atoms with E-state index in [1.54, 1.807) is 0 Å². The zero-order valence-corrected chi connectivity index (χ0v) is 13.8. The Morgan fingerprint density at radius 2 is 1.78 bits per heavy atom. The van der Waals surface area contributed by atoms with Crippen molar-refractivity contribution in [1.82, 2.24) is 4.90 Å². The number of anilines is 1. The summed E-state index contributed by atoms with van der Waals surface area (Å²) in [5, 5.41) is 5.80. The molecule has 1 amide bonds. The van der Waals surface area contributed by atoms with E-state index in [1.165, 1.54) is 11.3 Å². The molecule has 0 saturated carbocycles. The Kier molecular flexibility index (Phi) is 3.83. The van der Waals surface area contributed by atoms with E-state index in [4.69, 9.17) is 4.74 Å². The van der Waals surface area contributed by atoms with Crippen LogP contribution in [0.4, 0.5) is 9.80 Å². The summed E-state index contributed by atoms with van der Waals surface area (Å²) in [6, 6.07) is 12.1. The molecule has 3 aliphatic rings. The second-order valence-electron chi connectivity index (χ2n) is 6.32. The van der Waals surface area contributed by atoms with E-state index in [1.807, 2.05) is 41.8 Å². The van der Waals surface area contributed by atoms with Crippen LogP contribution in [0.3, 0.4) is 0 Å². The Morgan fingerprint density at radius 3 is 2.48 bits per heavy atom. The fraction of sp³-hybridized carbons (Fsp3) is 0.389. The van der Waals surface area contributed by atoms with Crippen LogP contribution in [0.2, 0.25) is 0 Å². The number of nitrogens with zero attached hydrogens (tertiary/aromatic N) is 1. The summed E-state index contributed by atoms with van der Waals surface area (Å²) in [5.41, 5.74) is 1.90. The third-order valence-corrected chi connectivity index (χ3v) is 5.76. The Hall–Kier alpha value is -1.85. The Balaban J connectivity index is 1.46. The van der Waals surface area contributed by atoms with E-state index in [0.717, 1.165) is 55.0 Å². The van der Waals surface area contributed by atoms with Crippen LogP contribution in [-0.4, -0.2) is 36.2 Å². The molecule has 2 aromatic rings. The lowest BCUT2D eigenvalue weighted by Crippen LogP contribution is -2.54. The molecule has 1 aromatic heterocycles. The van der Waals surface area contributed by atoms with Crippen LogP contribution in [0.5, 0.6) is 0 Å². The van der Waals surface area contributed by atoms with E-state index in [2.05, 4.69) is 10.2 Å². The first-order valence-electron chi connectivity index (χ1n) is 8.09. The number of ether oxygens (including phenoxy) is 1. The zero-order chi connectivity index (χ0) is 15.7. The van der Waals surface area contributed by atoms with Crippen LogP contribution in [0, 0.1) is 0 Å². The van der Waals surface area contributed by atoms with Crippen LogP contribution in [0.25, 0.3) is 11.1 Å². The lowest BCUT2D eigenvalue weighted by atomic mass is 9.83. The number of benzene rings is 1. The van der Waals surface area contributed by atoms with Gasteiger partial charge < -0.3 is 9.64 Å². The number of fused-ring (bicyclic) bond motifs is 3. The van der Waals surface area contributed by atoms with Gasteiger partial charge in [-0.25, -0.2) is 4.79 Å². The molecule has 3 saturated heterocycles. The number of amides is 1. The largest absolute Gasteiger partial charge is 0.443 e. The standard InChI is InChI=1S/C18H20N2O2S/c21-17(22-18-7-10-20(11-8-18)12-9-18)19-16-15(6-13-23-16)14-4-2-1-3-5-14/h1-6,13H,7-12H2,(H,19,21). The van der Waals surface area contributed by atoms with Crippen LogP contribution in [-0.2, 0) is 4.74 Å². The summed E-state index contributed by atoms with van der Waals surface area (Å²) in [7, 11) is 0. The summed E-state index contributed by atoms with van der Waals surface area (Å²) in [4.78, 5) is 14.8. The van der Waals surface area contributed by atoms with Gasteiger partial charge in [-0.2, -0.15) is 0 Å². The van der Waals surface area contributed by atoms with Gasteiger partial charge in [-0.1, -0.05) is 30.3 Å². The Morgan fingerprint density at radius 1 is 1.09 bits per heavy atom. The molecule has 0 spiro atoms. The molecule has 120 valence electrons. The van der Waals surface area contributed by atoms with Crippen molar-refractivity contribution < 1.29 is 9.53 Å². The molecule has 5 rings (SSSR count). The summed E-state index contributed by atoms with van der Waals surface area (Å²) in [5.74, 6) is 0. The quantitative estimate of drug-likeness (QED) is 0.918. The van der Waals surface area contributed by atoms with Gasteiger partial charge in [-0.05, 0) is 17.0 Å². The van der Waals surface area contributed by atoms with Crippen molar-refractivity contribution in [1.29, 1.82) is 0 Å². The summed E-state index contributed by atoms with van der Waals surface area (Å²) < 4.78 is 5.86. The third kappa shape index (κ3) is 2.99. The first-order valence-corrected chi connectivity index (χ1v) is 8.97. The maximum absolute atomic E-state index is 12.4. The minimum atomic E-state index is -0.319. The molecule has 0 radical (unpaired) electrons. The average Bonchev–Trinajstić information content (AvgIpc) is 3.05.